The van der Waals surface area contributed by atoms with Crippen molar-refractivity contribution >= 4 is 17.7 Å². The highest BCUT2D eigenvalue weighted by Crippen LogP contribution is 2.50. The van der Waals surface area contributed by atoms with Crippen LogP contribution in [0, 0.1) is 29.0 Å². The minimum Gasteiger partial charge on any atom is -0.453 e. The molecule has 4 fully saturated rings. The quantitative estimate of drug-likeness (QED) is 0.359. The molecule has 1 aliphatic carbocycles. The van der Waals surface area contributed by atoms with Crippen LogP contribution in [0.25, 0.3) is 0 Å². The highest BCUT2D eigenvalue weighted by molar-refractivity contribution is 5.73. The third-order valence-corrected chi connectivity index (χ3v) is 11.3. The Kier molecular flexibility index (Phi) is 10.2. The summed E-state index contributed by atoms with van der Waals surface area (Å²) < 4.78 is 36.0. The van der Waals surface area contributed by atoms with Crippen LogP contribution in [0.1, 0.15) is 62.1 Å². The Morgan fingerprint density at radius 1 is 1.04 bits per heavy atom. The second kappa shape index (κ2) is 14.4. The molecule has 2 aromatic carbocycles. The number of anilines is 1. The summed E-state index contributed by atoms with van der Waals surface area (Å²) in [6.45, 7) is 6.98. The van der Waals surface area contributed by atoms with Crippen molar-refractivity contribution < 1.29 is 23.1 Å². The monoisotopic (exact) mass is 662 g/mol. The molecule has 0 aromatic heterocycles. The molecule has 3 heterocycles. The van der Waals surface area contributed by atoms with E-state index in [9.17, 15) is 19.2 Å². The molecule has 3 aliphatic heterocycles. The number of piperidine rings is 1. The summed E-state index contributed by atoms with van der Waals surface area (Å²) in [4.78, 5) is 31.3. The molecule has 0 radical (unpaired) electrons. The van der Waals surface area contributed by atoms with E-state index < -0.39 is 17.2 Å². The van der Waals surface area contributed by atoms with Crippen molar-refractivity contribution in [2.45, 2.75) is 69.1 Å². The summed E-state index contributed by atoms with van der Waals surface area (Å²) in [5.41, 5.74) is 1.49. The number of ether oxygens (including phenoxy) is 1. The SMILES string of the molecule is COC(=O)N[C@H]1CCC[C@@H]1[C@](CNC(C)=O)(c1cccc(F)c1)C1CCN(CC2(F)CN(c3ccc(C#N)c(CN4CCC4)c3)C2)CC1. The van der Waals surface area contributed by atoms with Gasteiger partial charge in [0.15, 0.2) is 5.67 Å². The Labute approximate surface area is 282 Å². The molecule has 6 rings (SSSR count). The molecule has 258 valence electrons. The number of alkyl carbamates (subject to hydrolysis) is 1. The van der Waals surface area contributed by atoms with Crippen LogP contribution in [0.4, 0.5) is 19.3 Å². The van der Waals surface area contributed by atoms with E-state index in [0.717, 1.165) is 68.6 Å². The van der Waals surface area contributed by atoms with Gasteiger partial charge in [0.05, 0.1) is 31.8 Å². The van der Waals surface area contributed by atoms with Crippen LogP contribution in [-0.4, -0.2) is 93.0 Å². The highest BCUT2D eigenvalue weighted by Gasteiger charge is 2.53. The number of nitrogens with one attached hydrogen (secondary N) is 2. The van der Waals surface area contributed by atoms with Crippen LogP contribution in [-0.2, 0) is 21.5 Å². The average molecular weight is 663 g/mol. The van der Waals surface area contributed by atoms with Crippen molar-refractivity contribution in [2.24, 2.45) is 11.8 Å². The number of amides is 2. The minimum atomic E-state index is -1.34. The summed E-state index contributed by atoms with van der Waals surface area (Å²) in [6.07, 6.45) is 4.70. The minimum absolute atomic E-state index is 0.0482. The van der Waals surface area contributed by atoms with E-state index in [1.165, 1.54) is 26.5 Å². The lowest BCUT2D eigenvalue weighted by molar-refractivity contribution is -0.119. The lowest BCUT2D eigenvalue weighted by atomic mass is 9.58. The maximum atomic E-state index is 16.2. The van der Waals surface area contributed by atoms with Crippen LogP contribution >= 0.6 is 0 Å². The van der Waals surface area contributed by atoms with Crippen LogP contribution in [0.5, 0.6) is 0 Å². The molecular formula is C37H48F2N6O3. The first-order chi connectivity index (χ1) is 23.1. The second-order valence-corrected chi connectivity index (χ2v) is 14.4. The predicted octanol–water partition coefficient (Wildman–Crippen LogP) is 4.74. The molecular weight excluding hydrogens is 614 g/mol. The Bertz CT molecular complexity index is 1510. The van der Waals surface area contributed by atoms with E-state index in [2.05, 4.69) is 31.4 Å². The molecule has 0 spiro atoms. The Balaban J connectivity index is 1.16. The molecule has 0 unspecified atom stereocenters. The maximum absolute atomic E-state index is 16.2. The number of halogens is 2. The number of hydrogen-bond donors (Lipinski definition) is 2. The van der Waals surface area contributed by atoms with Crippen molar-refractivity contribution in [1.82, 2.24) is 20.4 Å². The van der Waals surface area contributed by atoms with Gasteiger partial charge in [-0.25, -0.2) is 13.6 Å². The second-order valence-electron chi connectivity index (χ2n) is 14.4. The van der Waals surface area contributed by atoms with Gasteiger partial charge < -0.3 is 20.3 Å². The standard InChI is InChI=1S/C37H48F2N6O3/c1-26(46)41-22-37(30-6-3-7-31(38)19-30,33-8-4-9-34(33)42-35(47)48-2)29-12-16-44(17-13-29)23-36(39)24-45(25-36)32-11-10-27(20-40)28(18-32)21-43-14-5-15-43/h3,6-7,10-11,18-19,29,33-34H,4-5,8-9,12-17,21-25H2,1-2H3,(H,41,46)(H,42,47)/t33-,34-,37-/m0/s1. The lowest BCUT2D eigenvalue weighted by Crippen LogP contribution is -2.65. The van der Waals surface area contributed by atoms with Gasteiger partial charge in [-0.3, -0.25) is 14.6 Å². The number of carbonyl (C=O) groups excluding carboxylic acids is 2. The van der Waals surface area contributed by atoms with Crippen molar-refractivity contribution in [3.63, 3.8) is 0 Å². The fourth-order valence-corrected chi connectivity index (χ4v) is 8.86. The van der Waals surface area contributed by atoms with Gasteiger partial charge >= 0.3 is 6.09 Å². The van der Waals surface area contributed by atoms with E-state index in [-0.39, 0.29) is 29.6 Å². The Morgan fingerprint density at radius 2 is 1.81 bits per heavy atom. The first kappa shape index (κ1) is 34.1. The molecule has 11 heteroatoms. The molecule has 2 N–H and O–H groups in total. The highest BCUT2D eigenvalue weighted by atomic mass is 19.1. The van der Waals surface area contributed by atoms with Crippen LogP contribution in [0.3, 0.4) is 0 Å². The normalized spacial score (nSPS) is 24.1. The average Bonchev–Trinajstić information content (AvgIpc) is 3.50. The summed E-state index contributed by atoms with van der Waals surface area (Å²) in [7, 11) is 1.35. The fraction of sp³-hybridized carbons (Fsp3) is 0.595. The summed E-state index contributed by atoms with van der Waals surface area (Å²) >= 11 is 0. The van der Waals surface area contributed by atoms with Crippen molar-refractivity contribution in [2.75, 3.05) is 64.4 Å². The van der Waals surface area contributed by atoms with Gasteiger partial charge in [-0.2, -0.15) is 5.26 Å². The van der Waals surface area contributed by atoms with Gasteiger partial charge in [-0.05, 0) is 112 Å². The zero-order chi connectivity index (χ0) is 33.9. The fourth-order valence-electron chi connectivity index (χ4n) is 8.86. The summed E-state index contributed by atoms with van der Waals surface area (Å²) in [5.74, 6) is -0.471. The van der Waals surface area contributed by atoms with Crippen molar-refractivity contribution in [3.8, 4) is 6.07 Å². The van der Waals surface area contributed by atoms with Gasteiger partial charge in [0.25, 0.3) is 0 Å². The van der Waals surface area contributed by atoms with Gasteiger partial charge in [-0.1, -0.05) is 18.6 Å². The molecule has 2 amide bonds. The number of carbonyl (C=O) groups is 2. The van der Waals surface area contributed by atoms with E-state index in [1.807, 2.05) is 24.3 Å². The molecule has 9 nitrogen and oxygen atoms in total. The number of alkyl halides is 1. The molecule has 1 saturated carbocycles. The molecule has 3 saturated heterocycles. The van der Waals surface area contributed by atoms with Crippen molar-refractivity contribution in [3.05, 3.63) is 65.0 Å². The van der Waals surface area contributed by atoms with Crippen LogP contribution in [0.2, 0.25) is 0 Å². The summed E-state index contributed by atoms with van der Waals surface area (Å²) in [6, 6.07) is 14.6. The number of rotatable bonds is 11. The van der Waals surface area contributed by atoms with Crippen molar-refractivity contribution in [1.29, 1.82) is 5.26 Å². The zero-order valence-electron chi connectivity index (χ0n) is 28.1. The third kappa shape index (κ3) is 7.15. The first-order valence-electron chi connectivity index (χ1n) is 17.4. The lowest BCUT2D eigenvalue weighted by Gasteiger charge is -2.52. The molecule has 48 heavy (non-hydrogen) atoms. The Hall–Kier alpha value is -3.75. The van der Waals surface area contributed by atoms with Gasteiger partial charge in [0, 0.05) is 43.7 Å². The molecule has 3 atom stereocenters. The topological polar surface area (TPSA) is 101 Å². The molecule has 4 aliphatic rings. The van der Waals surface area contributed by atoms with E-state index in [1.54, 1.807) is 12.1 Å². The smallest absolute Gasteiger partial charge is 0.407 e. The van der Waals surface area contributed by atoms with Gasteiger partial charge in [-0.15, -0.1) is 0 Å². The van der Waals surface area contributed by atoms with E-state index in [4.69, 9.17) is 4.74 Å². The predicted molar refractivity (Wildman–Crippen MR) is 180 cm³/mol. The zero-order valence-corrected chi connectivity index (χ0v) is 28.1. The third-order valence-electron chi connectivity index (χ3n) is 11.3. The number of nitrogens with zero attached hydrogens (tertiary/aromatic N) is 4. The van der Waals surface area contributed by atoms with Gasteiger partial charge in [0.1, 0.15) is 5.82 Å². The number of methoxy groups -OCH3 is 1. The number of hydrogen-bond acceptors (Lipinski definition) is 7. The number of nitriles is 1. The maximum Gasteiger partial charge on any atom is 0.407 e. The number of benzene rings is 2. The summed E-state index contributed by atoms with van der Waals surface area (Å²) in [5, 5.41) is 15.7. The largest absolute Gasteiger partial charge is 0.453 e. The van der Waals surface area contributed by atoms with E-state index in [0.29, 0.717) is 44.8 Å². The molecule has 0 bridgehead atoms. The van der Waals surface area contributed by atoms with Crippen LogP contribution < -0.4 is 15.5 Å². The first-order valence-corrected chi connectivity index (χ1v) is 17.4. The van der Waals surface area contributed by atoms with Crippen LogP contribution in [0.15, 0.2) is 42.5 Å². The van der Waals surface area contributed by atoms with E-state index >= 15 is 4.39 Å². The number of likely N-dealkylation sites (tertiary alicyclic amines) is 2. The Morgan fingerprint density at radius 3 is 2.46 bits per heavy atom. The molecule has 2 aromatic rings. The van der Waals surface area contributed by atoms with Gasteiger partial charge in [0.2, 0.25) is 5.91 Å².